The van der Waals surface area contributed by atoms with Crippen molar-refractivity contribution in [3.63, 3.8) is 0 Å². The molecular formula is C13H19ClN4O3. The molecule has 0 radical (unpaired) electrons. The van der Waals surface area contributed by atoms with Crippen LogP contribution in [0.5, 0.6) is 0 Å². The lowest BCUT2D eigenvalue weighted by Gasteiger charge is -2.19. The Morgan fingerprint density at radius 2 is 2.00 bits per heavy atom. The van der Waals surface area contributed by atoms with Gasteiger partial charge in [-0.25, -0.2) is 14.8 Å². The van der Waals surface area contributed by atoms with Gasteiger partial charge in [-0.05, 0) is 27.7 Å². The van der Waals surface area contributed by atoms with Gasteiger partial charge in [-0.3, -0.25) is 4.79 Å². The monoisotopic (exact) mass is 314 g/mol. The number of hydrogen-bond donors (Lipinski definition) is 2. The largest absolute Gasteiger partial charge is 0.444 e. The molecule has 0 aromatic carbocycles. The second kappa shape index (κ2) is 7.21. The molecule has 0 bridgehead atoms. The van der Waals surface area contributed by atoms with E-state index in [1.165, 1.54) is 0 Å². The van der Waals surface area contributed by atoms with Crippen molar-refractivity contribution < 1.29 is 14.3 Å². The maximum atomic E-state index is 11.4. The van der Waals surface area contributed by atoms with E-state index in [0.29, 0.717) is 31.0 Å². The molecule has 1 aromatic rings. The van der Waals surface area contributed by atoms with Crippen molar-refractivity contribution in [2.75, 3.05) is 18.4 Å². The normalized spacial score (nSPS) is 10.9. The van der Waals surface area contributed by atoms with Crippen LogP contribution in [0, 0.1) is 6.92 Å². The molecular weight excluding hydrogens is 296 g/mol. The Hall–Kier alpha value is -1.89. The highest BCUT2D eigenvalue weighted by Crippen LogP contribution is 2.18. The van der Waals surface area contributed by atoms with E-state index in [-0.39, 0.29) is 10.7 Å². The predicted octanol–water partition coefficient (Wildman–Crippen LogP) is 2.19. The zero-order chi connectivity index (χ0) is 16.0. The lowest BCUT2D eigenvalue weighted by molar-refractivity contribution is 0.0530. The molecule has 1 amide bonds. The van der Waals surface area contributed by atoms with Crippen LogP contribution in [-0.2, 0) is 4.74 Å². The number of amides is 1. The molecule has 1 aromatic heterocycles. The zero-order valence-electron chi connectivity index (χ0n) is 12.5. The minimum absolute atomic E-state index is 0.0973. The van der Waals surface area contributed by atoms with E-state index < -0.39 is 11.7 Å². The fraction of sp³-hybridized carbons (Fsp3) is 0.538. The number of anilines is 1. The first-order valence-corrected chi connectivity index (χ1v) is 6.81. The van der Waals surface area contributed by atoms with Crippen molar-refractivity contribution in [3.8, 4) is 0 Å². The fourth-order valence-electron chi connectivity index (χ4n) is 1.45. The standard InChI is InChI=1S/C13H19ClN4O3/c1-8-17-10(14)9(7-19)11(18-8)15-5-6-16-12(20)21-13(2,3)4/h7H,5-6H2,1-4H3,(H,16,20)(H,15,17,18). The van der Waals surface area contributed by atoms with Crippen LogP contribution >= 0.6 is 11.6 Å². The summed E-state index contributed by atoms with van der Waals surface area (Å²) in [6.07, 6.45) is 0.0857. The third-order valence-electron chi connectivity index (χ3n) is 2.21. The number of aldehydes is 1. The molecule has 8 heteroatoms. The first-order chi connectivity index (χ1) is 9.73. The van der Waals surface area contributed by atoms with Gasteiger partial charge in [0.1, 0.15) is 22.4 Å². The first-order valence-electron chi connectivity index (χ1n) is 6.43. The molecule has 0 fully saturated rings. The Morgan fingerprint density at radius 3 is 2.57 bits per heavy atom. The summed E-state index contributed by atoms with van der Waals surface area (Å²) in [4.78, 5) is 30.4. The van der Waals surface area contributed by atoms with E-state index in [4.69, 9.17) is 16.3 Å². The number of carbonyl (C=O) groups is 2. The minimum atomic E-state index is -0.542. The molecule has 0 aliphatic heterocycles. The van der Waals surface area contributed by atoms with Crippen LogP contribution in [0.1, 0.15) is 37.0 Å². The highest BCUT2D eigenvalue weighted by molar-refractivity contribution is 6.32. The van der Waals surface area contributed by atoms with E-state index in [0.717, 1.165) is 0 Å². The lowest BCUT2D eigenvalue weighted by Crippen LogP contribution is -2.35. The third kappa shape index (κ3) is 5.95. The Kier molecular flexibility index (Phi) is 5.90. The molecule has 1 rings (SSSR count). The van der Waals surface area contributed by atoms with E-state index in [1.807, 2.05) is 0 Å². The smallest absolute Gasteiger partial charge is 0.407 e. The molecule has 0 unspecified atom stereocenters. The summed E-state index contributed by atoms with van der Waals surface area (Å²) in [6, 6.07) is 0. The van der Waals surface area contributed by atoms with E-state index in [1.54, 1.807) is 27.7 Å². The average molecular weight is 315 g/mol. The van der Waals surface area contributed by atoms with Gasteiger partial charge in [-0.2, -0.15) is 0 Å². The van der Waals surface area contributed by atoms with Gasteiger partial charge < -0.3 is 15.4 Å². The Morgan fingerprint density at radius 1 is 1.33 bits per heavy atom. The number of rotatable bonds is 5. The highest BCUT2D eigenvalue weighted by atomic mass is 35.5. The van der Waals surface area contributed by atoms with Gasteiger partial charge in [-0.15, -0.1) is 0 Å². The number of aromatic nitrogens is 2. The van der Waals surface area contributed by atoms with Crippen LogP contribution in [-0.4, -0.2) is 41.0 Å². The van der Waals surface area contributed by atoms with Crippen molar-refractivity contribution in [1.82, 2.24) is 15.3 Å². The van der Waals surface area contributed by atoms with Gasteiger partial charge in [0.2, 0.25) is 0 Å². The third-order valence-corrected chi connectivity index (χ3v) is 2.50. The number of ether oxygens (including phenoxy) is 1. The van der Waals surface area contributed by atoms with Gasteiger partial charge in [0, 0.05) is 13.1 Å². The number of alkyl carbamates (subject to hydrolysis) is 1. The molecule has 0 atom stereocenters. The van der Waals surface area contributed by atoms with Crippen LogP contribution < -0.4 is 10.6 Å². The summed E-state index contributed by atoms with van der Waals surface area (Å²) < 4.78 is 5.09. The predicted molar refractivity (Wildman–Crippen MR) is 79.9 cm³/mol. The van der Waals surface area contributed by atoms with Crippen LogP contribution in [0.4, 0.5) is 10.6 Å². The van der Waals surface area contributed by atoms with Crippen LogP contribution in [0.25, 0.3) is 0 Å². The molecule has 0 saturated carbocycles. The fourth-order valence-corrected chi connectivity index (χ4v) is 1.70. The molecule has 0 spiro atoms. The van der Waals surface area contributed by atoms with Gasteiger partial charge >= 0.3 is 6.09 Å². The lowest BCUT2D eigenvalue weighted by atomic mass is 10.2. The van der Waals surface area contributed by atoms with E-state index >= 15 is 0 Å². The maximum Gasteiger partial charge on any atom is 0.407 e. The molecule has 7 nitrogen and oxygen atoms in total. The molecule has 0 aliphatic rings. The number of nitrogens with zero attached hydrogens (tertiary/aromatic N) is 2. The van der Waals surface area contributed by atoms with Crippen LogP contribution in [0.15, 0.2) is 0 Å². The second-order valence-corrected chi connectivity index (χ2v) is 5.66. The van der Waals surface area contributed by atoms with E-state index in [9.17, 15) is 9.59 Å². The Labute approximate surface area is 128 Å². The van der Waals surface area contributed by atoms with Crippen molar-refractivity contribution in [1.29, 1.82) is 0 Å². The van der Waals surface area contributed by atoms with Crippen LogP contribution in [0.3, 0.4) is 0 Å². The molecule has 0 aliphatic carbocycles. The molecule has 0 saturated heterocycles. The molecule has 21 heavy (non-hydrogen) atoms. The molecule has 1 heterocycles. The Bertz CT molecular complexity index is 529. The topological polar surface area (TPSA) is 93.2 Å². The first kappa shape index (κ1) is 17.2. The van der Waals surface area contributed by atoms with Crippen molar-refractivity contribution in [2.24, 2.45) is 0 Å². The van der Waals surface area contributed by atoms with Gasteiger partial charge in [0.15, 0.2) is 6.29 Å². The maximum absolute atomic E-state index is 11.4. The number of halogens is 1. The van der Waals surface area contributed by atoms with Crippen molar-refractivity contribution >= 4 is 29.8 Å². The van der Waals surface area contributed by atoms with Crippen molar-refractivity contribution in [3.05, 3.63) is 16.5 Å². The molecule has 2 N–H and O–H groups in total. The summed E-state index contributed by atoms with van der Waals surface area (Å²) in [5.74, 6) is 0.793. The number of nitrogens with one attached hydrogen (secondary N) is 2. The van der Waals surface area contributed by atoms with E-state index in [2.05, 4.69) is 20.6 Å². The summed E-state index contributed by atoms with van der Waals surface area (Å²) in [5, 5.41) is 5.61. The average Bonchev–Trinajstić information content (AvgIpc) is 2.32. The summed E-state index contributed by atoms with van der Waals surface area (Å²) >= 11 is 5.86. The number of carbonyl (C=O) groups excluding carboxylic acids is 2. The summed E-state index contributed by atoms with van der Waals surface area (Å²) in [5.41, 5.74) is -0.348. The van der Waals surface area contributed by atoms with Gasteiger partial charge in [0.25, 0.3) is 0 Å². The highest BCUT2D eigenvalue weighted by Gasteiger charge is 2.15. The van der Waals surface area contributed by atoms with Gasteiger partial charge in [0.05, 0.1) is 5.56 Å². The summed E-state index contributed by atoms with van der Waals surface area (Å²) in [7, 11) is 0. The Balaban J connectivity index is 2.50. The van der Waals surface area contributed by atoms with Crippen LogP contribution in [0.2, 0.25) is 5.15 Å². The van der Waals surface area contributed by atoms with Gasteiger partial charge in [-0.1, -0.05) is 11.6 Å². The quantitative estimate of drug-likeness (QED) is 0.491. The SMILES string of the molecule is Cc1nc(Cl)c(C=O)c(NCCNC(=O)OC(C)(C)C)n1. The summed E-state index contributed by atoms with van der Waals surface area (Å²) in [6.45, 7) is 7.71. The molecule has 116 valence electrons. The second-order valence-electron chi connectivity index (χ2n) is 5.30. The number of hydrogen-bond acceptors (Lipinski definition) is 6. The number of aryl methyl sites for hydroxylation is 1. The van der Waals surface area contributed by atoms with Crippen molar-refractivity contribution in [2.45, 2.75) is 33.3 Å². The zero-order valence-corrected chi connectivity index (χ0v) is 13.2. The minimum Gasteiger partial charge on any atom is -0.444 e.